The third kappa shape index (κ3) is 5.01. The van der Waals surface area contributed by atoms with Crippen LogP contribution in [0.5, 0.6) is 0 Å². The van der Waals surface area contributed by atoms with Crippen molar-refractivity contribution in [2.24, 2.45) is 46.3 Å². The van der Waals surface area contributed by atoms with Crippen LogP contribution in [0.4, 0.5) is 4.79 Å². The molecule has 0 bridgehead atoms. The van der Waals surface area contributed by atoms with Gasteiger partial charge < -0.3 is 25.4 Å². The predicted molar refractivity (Wildman–Crippen MR) is 137 cm³/mol. The number of rotatable bonds is 8. The Hall–Kier alpha value is -0.850. The van der Waals surface area contributed by atoms with Crippen molar-refractivity contribution in [1.82, 2.24) is 5.32 Å². The van der Waals surface area contributed by atoms with Gasteiger partial charge in [0.1, 0.15) is 0 Å². The minimum atomic E-state index is -0.390. The fraction of sp³-hybridized carbons (Fsp3) is 0.966. The first-order chi connectivity index (χ1) is 16.7. The van der Waals surface area contributed by atoms with Gasteiger partial charge in [0, 0.05) is 12.6 Å². The van der Waals surface area contributed by atoms with E-state index in [1.807, 2.05) is 6.92 Å². The summed E-state index contributed by atoms with van der Waals surface area (Å²) < 4.78 is 5.41. The molecule has 4 aliphatic rings. The molecule has 6 heteroatoms. The van der Waals surface area contributed by atoms with Crippen LogP contribution in [-0.4, -0.2) is 52.9 Å². The van der Waals surface area contributed by atoms with Crippen LogP contribution in [0.1, 0.15) is 98.3 Å². The van der Waals surface area contributed by atoms with Crippen LogP contribution in [0.25, 0.3) is 0 Å². The van der Waals surface area contributed by atoms with Gasteiger partial charge in [-0.1, -0.05) is 27.2 Å². The summed E-state index contributed by atoms with van der Waals surface area (Å²) in [7, 11) is 0. The zero-order chi connectivity index (χ0) is 25.4. The average Bonchev–Trinajstić information content (AvgIpc) is 3.14. The number of carbonyl (C=O) groups excluding carboxylic acids is 1. The van der Waals surface area contributed by atoms with Gasteiger partial charge in [0.2, 0.25) is 0 Å². The van der Waals surface area contributed by atoms with Gasteiger partial charge in [0.05, 0.1) is 18.8 Å². The van der Waals surface area contributed by atoms with Crippen LogP contribution in [0, 0.1) is 46.3 Å². The molecule has 0 heterocycles. The number of alkyl carbamates (subject to hydrolysis) is 1. The van der Waals surface area contributed by atoms with Gasteiger partial charge >= 0.3 is 6.09 Å². The van der Waals surface area contributed by atoms with Gasteiger partial charge in [-0.05, 0) is 117 Å². The smallest absolute Gasteiger partial charge is 0.407 e. The van der Waals surface area contributed by atoms with E-state index in [0.717, 1.165) is 38.5 Å². The zero-order valence-electron chi connectivity index (χ0n) is 22.5. The molecule has 4 N–H and O–H groups in total. The van der Waals surface area contributed by atoms with E-state index in [4.69, 9.17) is 9.84 Å². The van der Waals surface area contributed by atoms with Crippen molar-refractivity contribution in [2.45, 2.75) is 117 Å². The van der Waals surface area contributed by atoms with Crippen molar-refractivity contribution < 1.29 is 24.9 Å². The Kier molecular flexibility index (Phi) is 8.44. The second-order valence-electron chi connectivity index (χ2n) is 13.0. The molecule has 0 aromatic carbocycles. The van der Waals surface area contributed by atoms with Crippen molar-refractivity contribution in [2.75, 3.05) is 13.2 Å². The van der Waals surface area contributed by atoms with E-state index in [1.165, 1.54) is 25.7 Å². The van der Waals surface area contributed by atoms with Crippen LogP contribution in [0.2, 0.25) is 0 Å². The van der Waals surface area contributed by atoms with Gasteiger partial charge in [0.15, 0.2) is 0 Å². The van der Waals surface area contributed by atoms with Gasteiger partial charge in [0.25, 0.3) is 0 Å². The summed E-state index contributed by atoms with van der Waals surface area (Å²) in [4.78, 5) is 12.0. The highest BCUT2D eigenvalue weighted by Crippen LogP contribution is 2.69. The fourth-order valence-corrected chi connectivity index (χ4v) is 9.54. The molecule has 35 heavy (non-hydrogen) atoms. The van der Waals surface area contributed by atoms with Gasteiger partial charge in [-0.2, -0.15) is 0 Å². The first-order valence-corrected chi connectivity index (χ1v) is 14.6. The molecule has 4 aliphatic carbocycles. The molecule has 1 amide bonds. The zero-order valence-corrected chi connectivity index (χ0v) is 22.5. The average molecular weight is 494 g/mol. The summed E-state index contributed by atoms with van der Waals surface area (Å²) in [6.07, 6.45) is 10.4. The lowest BCUT2D eigenvalue weighted by atomic mass is 9.41. The number of ether oxygens (including phenoxy) is 1. The van der Waals surface area contributed by atoms with E-state index in [-0.39, 0.29) is 35.7 Å². The Morgan fingerprint density at radius 2 is 1.77 bits per heavy atom. The first-order valence-electron chi connectivity index (χ1n) is 14.6. The van der Waals surface area contributed by atoms with Crippen molar-refractivity contribution >= 4 is 6.09 Å². The standard InChI is InChI=1S/C29H51NO5/c1-5-21-24-17-20(32)10-13-29(24,4)23-11-14-28(3)19(8-9-22(28)25(23)26(21)33)7-6-16-35-27(34)30-18(2)12-15-31/h18-26,31-33H,5-17H2,1-4H3,(H,30,34)/t18-,19+,20-,21-,22+,23+,24+,25+,26-,28-,29-/m1/s1. The summed E-state index contributed by atoms with van der Waals surface area (Å²) in [6, 6.07) is -0.0834. The van der Waals surface area contributed by atoms with Crippen molar-refractivity contribution in [3.8, 4) is 0 Å². The summed E-state index contributed by atoms with van der Waals surface area (Å²) in [5.41, 5.74) is 0.507. The highest BCUT2D eigenvalue weighted by molar-refractivity contribution is 5.67. The molecule has 0 saturated heterocycles. The number of amides is 1. The highest BCUT2D eigenvalue weighted by Gasteiger charge is 2.64. The monoisotopic (exact) mass is 493 g/mol. The number of aliphatic hydroxyl groups is 3. The molecule has 11 atom stereocenters. The molecule has 0 aromatic rings. The number of carbonyl (C=O) groups is 1. The van der Waals surface area contributed by atoms with Crippen LogP contribution < -0.4 is 5.32 Å². The van der Waals surface area contributed by atoms with Crippen LogP contribution >= 0.6 is 0 Å². The van der Waals surface area contributed by atoms with Crippen LogP contribution in [0.15, 0.2) is 0 Å². The number of hydrogen-bond donors (Lipinski definition) is 4. The van der Waals surface area contributed by atoms with Crippen molar-refractivity contribution in [3.05, 3.63) is 0 Å². The molecule has 0 aliphatic heterocycles. The largest absolute Gasteiger partial charge is 0.450 e. The van der Waals surface area contributed by atoms with E-state index in [9.17, 15) is 15.0 Å². The molecule has 0 spiro atoms. The first kappa shape index (κ1) is 27.2. The molecule has 0 radical (unpaired) electrons. The summed E-state index contributed by atoms with van der Waals surface area (Å²) in [5.74, 6) is 2.90. The van der Waals surface area contributed by atoms with E-state index < -0.39 is 6.09 Å². The summed E-state index contributed by atoms with van der Waals surface area (Å²) in [6.45, 7) is 9.57. The Bertz CT molecular complexity index is 732. The number of hydrogen-bond acceptors (Lipinski definition) is 5. The molecule has 4 fully saturated rings. The SMILES string of the molecule is CC[C@H]1[C@@H](O)[C@@H]2[C@H](CC[C@]3(C)[C@@H](CCCOC(=O)N[C@H](C)CCO)CC[C@@H]23)[C@@]2(C)CC[C@@H](O)C[C@@H]12. The van der Waals surface area contributed by atoms with E-state index >= 15 is 0 Å². The summed E-state index contributed by atoms with van der Waals surface area (Å²) in [5, 5.41) is 34.0. The molecule has 202 valence electrons. The lowest BCUT2D eigenvalue weighted by molar-refractivity contribution is -0.202. The minimum absolute atomic E-state index is 0.0557. The van der Waals surface area contributed by atoms with Gasteiger partial charge in [-0.15, -0.1) is 0 Å². The van der Waals surface area contributed by atoms with E-state index in [1.54, 1.807) is 0 Å². The highest BCUT2D eigenvalue weighted by atomic mass is 16.5. The maximum Gasteiger partial charge on any atom is 0.407 e. The normalized spacial score (nSPS) is 45.7. The molecule has 0 aromatic heterocycles. The topological polar surface area (TPSA) is 99.0 Å². The second kappa shape index (κ2) is 10.9. The Balaban J connectivity index is 1.38. The fourth-order valence-electron chi connectivity index (χ4n) is 9.54. The second-order valence-corrected chi connectivity index (χ2v) is 13.0. The number of aliphatic hydroxyl groups excluding tert-OH is 3. The Morgan fingerprint density at radius 1 is 1.06 bits per heavy atom. The molecule has 0 unspecified atom stereocenters. The molecule has 4 saturated carbocycles. The van der Waals surface area contributed by atoms with Crippen LogP contribution in [-0.2, 0) is 4.74 Å². The number of fused-ring (bicyclic) bond motifs is 5. The van der Waals surface area contributed by atoms with Gasteiger partial charge in [-0.25, -0.2) is 4.79 Å². The maximum absolute atomic E-state index is 12.0. The molecule has 4 rings (SSSR count). The maximum atomic E-state index is 12.0. The lowest BCUT2D eigenvalue weighted by Gasteiger charge is -2.64. The predicted octanol–water partition coefficient (Wildman–Crippen LogP) is 4.89. The molecular weight excluding hydrogens is 442 g/mol. The number of nitrogens with one attached hydrogen (secondary N) is 1. The third-order valence-corrected chi connectivity index (χ3v) is 11.4. The van der Waals surface area contributed by atoms with Crippen molar-refractivity contribution in [3.63, 3.8) is 0 Å². The Morgan fingerprint density at radius 3 is 2.49 bits per heavy atom. The van der Waals surface area contributed by atoms with E-state index in [2.05, 4.69) is 26.1 Å². The van der Waals surface area contributed by atoms with E-state index in [0.29, 0.717) is 48.5 Å². The third-order valence-electron chi connectivity index (χ3n) is 11.4. The summed E-state index contributed by atoms with van der Waals surface area (Å²) >= 11 is 0. The molecule has 6 nitrogen and oxygen atoms in total. The lowest BCUT2D eigenvalue weighted by Crippen LogP contribution is -2.62. The molecular formula is C29H51NO5. The van der Waals surface area contributed by atoms with Crippen molar-refractivity contribution in [1.29, 1.82) is 0 Å². The van der Waals surface area contributed by atoms with Crippen LogP contribution in [0.3, 0.4) is 0 Å². The quantitative estimate of drug-likeness (QED) is 0.361. The Labute approximate surface area is 212 Å². The van der Waals surface area contributed by atoms with Gasteiger partial charge in [-0.3, -0.25) is 0 Å². The minimum Gasteiger partial charge on any atom is -0.450 e.